The van der Waals surface area contributed by atoms with E-state index in [0.29, 0.717) is 12.8 Å². The second kappa shape index (κ2) is 10.5. The van der Waals surface area contributed by atoms with E-state index in [2.05, 4.69) is 39.8 Å². The van der Waals surface area contributed by atoms with Crippen LogP contribution in [-0.2, 0) is 14.3 Å². The molecule has 2 aliphatic rings. The number of benzene rings is 2. The highest BCUT2D eigenvalue weighted by Crippen LogP contribution is 2.44. The summed E-state index contributed by atoms with van der Waals surface area (Å²) in [6.07, 6.45) is 0.599. The lowest BCUT2D eigenvalue weighted by atomic mass is 9.84. The number of hydrogen-bond donors (Lipinski definition) is 3. The SMILES string of the molecule is CC(CC(=O)O)NC(=O)CC1(NC(=O)OCC2c3ccccc3-c3ccccc32)CCN(C)CC1. The third-order valence-electron chi connectivity index (χ3n) is 7.04. The highest BCUT2D eigenvalue weighted by atomic mass is 16.5. The number of carboxylic acids is 1. The topological polar surface area (TPSA) is 108 Å². The number of amides is 2. The van der Waals surface area contributed by atoms with Gasteiger partial charge in [-0.3, -0.25) is 9.59 Å². The Balaban J connectivity index is 1.41. The first-order chi connectivity index (χ1) is 16.8. The number of nitrogens with zero attached hydrogens (tertiary/aromatic N) is 1. The molecule has 1 saturated heterocycles. The van der Waals surface area contributed by atoms with Crippen LogP contribution >= 0.6 is 0 Å². The number of alkyl carbamates (subject to hydrolysis) is 1. The van der Waals surface area contributed by atoms with Crippen LogP contribution in [0.4, 0.5) is 4.79 Å². The molecule has 8 heteroatoms. The number of carbonyl (C=O) groups is 3. The molecule has 2 aromatic rings. The number of fused-ring (bicyclic) bond motifs is 3. The Bertz CT molecular complexity index is 1050. The summed E-state index contributed by atoms with van der Waals surface area (Å²) in [7, 11) is 2.01. The number of aliphatic carboxylic acids is 1. The molecule has 1 unspecified atom stereocenters. The molecule has 3 N–H and O–H groups in total. The van der Waals surface area contributed by atoms with Crippen LogP contribution in [-0.4, -0.2) is 66.3 Å². The van der Waals surface area contributed by atoms with E-state index >= 15 is 0 Å². The monoisotopic (exact) mass is 479 g/mol. The van der Waals surface area contributed by atoms with Crippen molar-refractivity contribution in [3.05, 3.63) is 59.7 Å². The molecule has 1 aliphatic carbocycles. The molecule has 35 heavy (non-hydrogen) atoms. The van der Waals surface area contributed by atoms with Crippen LogP contribution in [0.3, 0.4) is 0 Å². The summed E-state index contributed by atoms with van der Waals surface area (Å²) in [6.45, 7) is 3.34. The van der Waals surface area contributed by atoms with Gasteiger partial charge in [-0.15, -0.1) is 0 Å². The Kier molecular flexibility index (Phi) is 7.40. The Morgan fingerprint density at radius 1 is 1.06 bits per heavy atom. The van der Waals surface area contributed by atoms with Gasteiger partial charge in [-0.2, -0.15) is 0 Å². The van der Waals surface area contributed by atoms with Crippen molar-refractivity contribution in [2.24, 2.45) is 0 Å². The van der Waals surface area contributed by atoms with Gasteiger partial charge in [-0.1, -0.05) is 48.5 Å². The molecule has 0 spiro atoms. The van der Waals surface area contributed by atoms with Crippen molar-refractivity contribution in [1.29, 1.82) is 0 Å². The van der Waals surface area contributed by atoms with Gasteiger partial charge in [0, 0.05) is 31.5 Å². The normalized spacial score (nSPS) is 17.7. The van der Waals surface area contributed by atoms with E-state index in [9.17, 15) is 14.4 Å². The summed E-state index contributed by atoms with van der Waals surface area (Å²) >= 11 is 0. The molecular weight excluding hydrogens is 446 g/mol. The van der Waals surface area contributed by atoms with Gasteiger partial charge >= 0.3 is 12.1 Å². The number of likely N-dealkylation sites (tertiary alicyclic amines) is 1. The number of nitrogens with one attached hydrogen (secondary N) is 2. The summed E-state index contributed by atoms with van der Waals surface area (Å²) in [6, 6.07) is 15.8. The van der Waals surface area contributed by atoms with Crippen LogP contribution in [0.15, 0.2) is 48.5 Å². The third-order valence-corrected chi connectivity index (χ3v) is 7.04. The third kappa shape index (κ3) is 5.82. The molecule has 0 bridgehead atoms. The molecule has 2 aromatic carbocycles. The van der Waals surface area contributed by atoms with Crippen LogP contribution in [0.5, 0.6) is 0 Å². The molecule has 0 saturated carbocycles. The van der Waals surface area contributed by atoms with Crippen LogP contribution in [0.2, 0.25) is 0 Å². The number of hydrogen-bond acceptors (Lipinski definition) is 5. The Labute approximate surface area is 205 Å². The highest BCUT2D eigenvalue weighted by Gasteiger charge is 2.38. The van der Waals surface area contributed by atoms with Gasteiger partial charge in [0.1, 0.15) is 6.61 Å². The molecule has 1 aliphatic heterocycles. The molecule has 1 heterocycles. The lowest BCUT2D eigenvalue weighted by Crippen LogP contribution is -2.57. The number of piperidine rings is 1. The summed E-state index contributed by atoms with van der Waals surface area (Å²) in [4.78, 5) is 38.8. The van der Waals surface area contributed by atoms with Crippen molar-refractivity contribution in [3.63, 3.8) is 0 Å². The van der Waals surface area contributed by atoms with E-state index in [1.54, 1.807) is 6.92 Å². The molecule has 1 atom stereocenters. The first-order valence-corrected chi connectivity index (χ1v) is 12.1. The second-order valence-corrected chi connectivity index (χ2v) is 9.78. The molecule has 4 rings (SSSR count). The molecule has 8 nitrogen and oxygen atoms in total. The first-order valence-electron chi connectivity index (χ1n) is 12.1. The number of carboxylic acid groups (broad SMARTS) is 1. The molecule has 0 aromatic heterocycles. The number of ether oxygens (including phenoxy) is 1. The highest BCUT2D eigenvalue weighted by molar-refractivity contribution is 5.80. The van der Waals surface area contributed by atoms with Crippen LogP contribution in [0.1, 0.15) is 49.7 Å². The average molecular weight is 480 g/mol. The van der Waals surface area contributed by atoms with E-state index in [1.807, 2.05) is 31.3 Å². The Hall–Kier alpha value is -3.39. The minimum Gasteiger partial charge on any atom is -0.481 e. The Morgan fingerprint density at radius 3 is 2.20 bits per heavy atom. The van der Waals surface area contributed by atoms with Gasteiger partial charge in [0.15, 0.2) is 0 Å². The zero-order valence-electron chi connectivity index (χ0n) is 20.3. The summed E-state index contributed by atoms with van der Waals surface area (Å²) in [5, 5.41) is 14.7. The fourth-order valence-electron chi connectivity index (χ4n) is 5.19. The molecule has 186 valence electrons. The zero-order chi connectivity index (χ0) is 25.0. The zero-order valence-corrected chi connectivity index (χ0v) is 20.3. The van der Waals surface area contributed by atoms with E-state index in [0.717, 1.165) is 35.3 Å². The molecule has 2 amide bonds. The van der Waals surface area contributed by atoms with Gasteiger partial charge in [-0.25, -0.2) is 4.79 Å². The quantitative estimate of drug-likeness (QED) is 0.536. The molecule has 0 radical (unpaired) electrons. The smallest absolute Gasteiger partial charge is 0.407 e. The number of rotatable bonds is 8. The maximum atomic E-state index is 13.0. The maximum absolute atomic E-state index is 13.0. The van der Waals surface area contributed by atoms with E-state index in [4.69, 9.17) is 9.84 Å². The predicted octanol–water partition coefficient (Wildman–Crippen LogP) is 3.36. The average Bonchev–Trinajstić information content (AvgIpc) is 3.13. The van der Waals surface area contributed by atoms with Crippen molar-refractivity contribution in [2.75, 3.05) is 26.7 Å². The van der Waals surface area contributed by atoms with E-state index in [1.165, 1.54) is 0 Å². The van der Waals surface area contributed by atoms with E-state index < -0.39 is 23.6 Å². The fraction of sp³-hybridized carbons (Fsp3) is 0.444. The summed E-state index contributed by atoms with van der Waals surface area (Å²) in [5.41, 5.74) is 3.87. The van der Waals surface area contributed by atoms with Crippen molar-refractivity contribution < 1.29 is 24.2 Å². The van der Waals surface area contributed by atoms with Crippen molar-refractivity contribution in [3.8, 4) is 11.1 Å². The Morgan fingerprint density at radius 2 is 1.63 bits per heavy atom. The first kappa shape index (κ1) is 24.7. The van der Waals surface area contributed by atoms with E-state index in [-0.39, 0.29) is 31.3 Å². The van der Waals surface area contributed by atoms with Crippen molar-refractivity contribution in [2.45, 2.75) is 50.1 Å². The van der Waals surface area contributed by atoms with Gasteiger partial charge in [0.05, 0.1) is 12.0 Å². The fourth-order valence-corrected chi connectivity index (χ4v) is 5.19. The second-order valence-electron chi connectivity index (χ2n) is 9.78. The van der Waals surface area contributed by atoms with Gasteiger partial charge < -0.3 is 25.4 Å². The van der Waals surface area contributed by atoms with Crippen molar-refractivity contribution in [1.82, 2.24) is 15.5 Å². The standard InChI is InChI=1S/C27H33N3O5/c1-18(15-25(32)33)28-24(31)16-27(11-13-30(2)14-12-27)29-26(34)35-17-23-21-9-5-3-7-19(21)20-8-4-6-10-22(20)23/h3-10,18,23H,11-17H2,1-2H3,(H,28,31)(H,29,34)(H,32,33). The lowest BCUT2D eigenvalue weighted by molar-refractivity contribution is -0.137. The maximum Gasteiger partial charge on any atom is 0.407 e. The van der Waals surface area contributed by atoms with Crippen LogP contribution < -0.4 is 10.6 Å². The van der Waals surface area contributed by atoms with Crippen LogP contribution in [0.25, 0.3) is 11.1 Å². The summed E-state index contributed by atoms with van der Waals surface area (Å²) in [5.74, 6) is -1.28. The van der Waals surface area contributed by atoms with Crippen molar-refractivity contribution >= 4 is 18.0 Å². The molecule has 1 fully saturated rings. The predicted molar refractivity (Wildman–Crippen MR) is 132 cm³/mol. The lowest BCUT2D eigenvalue weighted by Gasteiger charge is -2.40. The van der Waals surface area contributed by atoms with Gasteiger partial charge in [0.25, 0.3) is 0 Å². The van der Waals surface area contributed by atoms with Gasteiger partial charge in [-0.05, 0) is 49.1 Å². The minimum atomic E-state index is -0.969. The number of carbonyl (C=O) groups excluding carboxylic acids is 2. The largest absolute Gasteiger partial charge is 0.481 e. The molecular formula is C27H33N3O5. The van der Waals surface area contributed by atoms with Crippen LogP contribution in [0, 0.1) is 0 Å². The summed E-state index contributed by atoms with van der Waals surface area (Å²) < 4.78 is 5.74. The van der Waals surface area contributed by atoms with Gasteiger partial charge in [0.2, 0.25) is 5.91 Å². The minimum absolute atomic E-state index is 0.0400.